The van der Waals surface area contributed by atoms with Crippen molar-refractivity contribution in [3.8, 4) is 17.2 Å². The van der Waals surface area contributed by atoms with E-state index >= 15 is 0 Å². The van der Waals surface area contributed by atoms with Gasteiger partial charge in [0.1, 0.15) is 12.4 Å². The Kier molecular flexibility index (Phi) is 8.97. The number of hydrogen-bond acceptors (Lipinski definition) is 6. The zero-order valence-electron chi connectivity index (χ0n) is 21.3. The summed E-state index contributed by atoms with van der Waals surface area (Å²) in [5.41, 5.74) is 1.79. The monoisotopic (exact) mass is 617 g/mol. The Morgan fingerprint density at radius 1 is 1.08 bits per heavy atom. The summed E-state index contributed by atoms with van der Waals surface area (Å²) >= 11 is 15.7. The SMILES string of the molecule is CC[C@H](C)c1nc2ccc(Br)cc2c(=O)n1N=Cc1cc(OC)c(OCc2ccc(Cl)cc2Cl)c(OC)c1. The number of aromatic nitrogens is 2. The Balaban J connectivity index is 1.72. The molecular formula is C28H26BrCl2N3O4. The molecule has 0 radical (unpaired) electrons. The Morgan fingerprint density at radius 2 is 1.79 bits per heavy atom. The lowest BCUT2D eigenvalue weighted by molar-refractivity contribution is 0.266. The fourth-order valence-corrected chi connectivity index (χ4v) is 4.63. The molecule has 4 rings (SSSR count). The first-order valence-corrected chi connectivity index (χ1v) is 13.4. The Labute approximate surface area is 239 Å². The molecule has 0 saturated carbocycles. The van der Waals surface area contributed by atoms with E-state index in [1.165, 1.54) is 18.9 Å². The first-order chi connectivity index (χ1) is 18.2. The van der Waals surface area contributed by atoms with Gasteiger partial charge in [-0.3, -0.25) is 4.79 Å². The highest BCUT2D eigenvalue weighted by Crippen LogP contribution is 2.39. The van der Waals surface area contributed by atoms with Crippen LogP contribution in [-0.2, 0) is 6.61 Å². The molecule has 0 aliphatic carbocycles. The van der Waals surface area contributed by atoms with Crippen molar-refractivity contribution < 1.29 is 14.2 Å². The van der Waals surface area contributed by atoms with Crippen LogP contribution in [-0.4, -0.2) is 30.1 Å². The molecule has 1 aromatic heterocycles. The minimum Gasteiger partial charge on any atom is -0.493 e. The Morgan fingerprint density at radius 3 is 2.42 bits per heavy atom. The maximum atomic E-state index is 13.4. The number of halogens is 3. The van der Waals surface area contributed by atoms with E-state index < -0.39 is 0 Å². The zero-order chi connectivity index (χ0) is 27.4. The third kappa shape index (κ3) is 5.98. The summed E-state index contributed by atoms with van der Waals surface area (Å²) in [6.45, 7) is 4.24. The fraction of sp³-hybridized carbons (Fsp3) is 0.250. The lowest BCUT2D eigenvalue weighted by atomic mass is 10.1. The number of nitrogens with zero attached hydrogens (tertiary/aromatic N) is 3. The molecule has 38 heavy (non-hydrogen) atoms. The predicted molar refractivity (Wildman–Crippen MR) is 156 cm³/mol. The van der Waals surface area contributed by atoms with E-state index in [0.29, 0.717) is 49.6 Å². The Bertz CT molecular complexity index is 1550. The summed E-state index contributed by atoms with van der Waals surface area (Å²) in [4.78, 5) is 18.2. The van der Waals surface area contributed by atoms with E-state index in [2.05, 4.69) is 21.0 Å². The molecule has 0 aliphatic rings. The van der Waals surface area contributed by atoms with Crippen LogP contribution in [0, 0.1) is 0 Å². The van der Waals surface area contributed by atoms with E-state index in [-0.39, 0.29) is 18.1 Å². The molecule has 0 N–H and O–H groups in total. The number of fused-ring (bicyclic) bond motifs is 1. The number of ether oxygens (including phenoxy) is 3. The Hall–Kier alpha value is -3.07. The van der Waals surface area contributed by atoms with Gasteiger partial charge in [0.05, 0.1) is 31.3 Å². The van der Waals surface area contributed by atoms with Crippen LogP contribution in [0.1, 0.15) is 43.1 Å². The van der Waals surface area contributed by atoms with Crippen molar-refractivity contribution in [1.29, 1.82) is 0 Å². The summed E-state index contributed by atoms with van der Waals surface area (Å²) in [7, 11) is 3.07. The molecule has 1 atom stereocenters. The third-order valence-corrected chi connectivity index (χ3v) is 7.16. The molecule has 3 aromatic carbocycles. The van der Waals surface area contributed by atoms with E-state index in [0.717, 1.165) is 16.5 Å². The van der Waals surface area contributed by atoms with Crippen LogP contribution < -0.4 is 19.8 Å². The quantitative estimate of drug-likeness (QED) is 0.182. The van der Waals surface area contributed by atoms with Gasteiger partial charge in [0.2, 0.25) is 5.75 Å². The van der Waals surface area contributed by atoms with Gasteiger partial charge in [-0.25, -0.2) is 4.98 Å². The van der Waals surface area contributed by atoms with Crippen LogP contribution in [0.5, 0.6) is 17.2 Å². The average Bonchev–Trinajstić information content (AvgIpc) is 2.91. The molecule has 0 saturated heterocycles. The summed E-state index contributed by atoms with van der Waals surface area (Å²) in [5, 5.41) is 6.06. The van der Waals surface area contributed by atoms with Crippen molar-refractivity contribution in [2.75, 3.05) is 14.2 Å². The molecule has 0 amide bonds. The summed E-state index contributed by atoms with van der Waals surface area (Å²) in [6, 6.07) is 14.2. The molecule has 0 spiro atoms. The first kappa shape index (κ1) is 28.0. The highest BCUT2D eigenvalue weighted by molar-refractivity contribution is 9.10. The molecular weight excluding hydrogens is 593 g/mol. The smallest absolute Gasteiger partial charge is 0.282 e. The van der Waals surface area contributed by atoms with Crippen molar-refractivity contribution in [1.82, 2.24) is 9.66 Å². The number of methoxy groups -OCH3 is 2. The molecule has 1 heterocycles. The van der Waals surface area contributed by atoms with Crippen LogP contribution in [0.3, 0.4) is 0 Å². The van der Waals surface area contributed by atoms with Crippen molar-refractivity contribution in [3.05, 3.63) is 90.4 Å². The molecule has 4 aromatic rings. The largest absolute Gasteiger partial charge is 0.493 e. The summed E-state index contributed by atoms with van der Waals surface area (Å²) < 4.78 is 19.3. The van der Waals surface area contributed by atoms with Crippen molar-refractivity contribution in [2.45, 2.75) is 32.8 Å². The summed E-state index contributed by atoms with van der Waals surface area (Å²) in [5.74, 6) is 1.89. The lowest BCUT2D eigenvalue weighted by Crippen LogP contribution is -2.23. The molecule has 7 nitrogen and oxygen atoms in total. The maximum absolute atomic E-state index is 13.4. The van der Waals surface area contributed by atoms with Crippen LogP contribution in [0.2, 0.25) is 10.0 Å². The zero-order valence-corrected chi connectivity index (χ0v) is 24.4. The third-order valence-electron chi connectivity index (χ3n) is 6.08. The van der Waals surface area contributed by atoms with Crippen molar-refractivity contribution in [2.24, 2.45) is 5.10 Å². The number of benzene rings is 3. The van der Waals surface area contributed by atoms with Gasteiger partial charge < -0.3 is 14.2 Å². The molecule has 198 valence electrons. The molecule has 10 heteroatoms. The second-order valence-electron chi connectivity index (χ2n) is 8.58. The van der Waals surface area contributed by atoms with E-state index in [9.17, 15) is 4.79 Å². The van der Waals surface area contributed by atoms with Crippen LogP contribution >= 0.6 is 39.1 Å². The lowest BCUT2D eigenvalue weighted by Gasteiger charge is -2.16. The minimum atomic E-state index is -0.249. The highest BCUT2D eigenvalue weighted by atomic mass is 79.9. The standard InChI is InChI=1S/C28H26BrCl2N3O4/c1-5-16(2)27-33-23-9-7-19(29)12-21(23)28(35)34(27)32-14-17-10-24(36-3)26(25(11-17)37-4)38-15-18-6-8-20(30)13-22(18)31/h6-14,16H,5,15H2,1-4H3/t16-/m0/s1. The second-order valence-corrected chi connectivity index (χ2v) is 10.3. The highest BCUT2D eigenvalue weighted by Gasteiger charge is 2.17. The summed E-state index contributed by atoms with van der Waals surface area (Å²) in [6.07, 6.45) is 2.37. The molecule has 0 unspecified atom stereocenters. The van der Waals surface area contributed by atoms with E-state index in [4.69, 9.17) is 42.4 Å². The van der Waals surface area contributed by atoms with Gasteiger partial charge in [-0.15, -0.1) is 0 Å². The van der Waals surface area contributed by atoms with E-state index in [1.54, 1.807) is 42.6 Å². The topological polar surface area (TPSA) is 74.9 Å². The van der Waals surface area contributed by atoms with Crippen LogP contribution in [0.15, 0.2) is 62.9 Å². The predicted octanol–water partition coefficient (Wildman–Crippen LogP) is 7.46. The van der Waals surface area contributed by atoms with Crippen LogP contribution in [0.4, 0.5) is 0 Å². The fourth-order valence-electron chi connectivity index (χ4n) is 3.81. The second kappa shape index (κ2) is 12.2. The van der Waals surface area contributed by atoms with Gasteiger partial charge in [0.15, 0.2) is 11.5 Å². The van der Waals surface area contributed by atoms with Crippen LogP contribution in [0.25, 0.3) is 10.9 Å². The van der Waals surface area contributed by atoms with E-state index in [1.807, 2.05) is 26.0 Å². The van der Waals surface area contributed by atoms with Gasteiger partial charge >= 0.3 is 0 Å². The van der Waals surface area contributed by atoms with Gasteiger partial charge in [-0.1, -0.05) is 59.0 Å². The number of hydrogen-bond donors (Lipinski definition) is 0. The van der Waals surface area contributed by atoms with Gasteiger partial charge in [0.25, 0.3) is 5.56 Å². The molecule has 0 fully saturated rings. The first-order valence-electron chi connectivity index (χ1n) is 11.8. The maximum Gasteiger partial charge on any atom is 0.282 e. The number of rotatable bonds is 9. The normalized spacial score (nSPS) is 12.2. The van der Waals surface area contributed by atoms with Gasteiger partial charge in [-0.05, 0) is 48.9 Å². The minimum absolute atomic E-state index is 0.0208. The molecule has 0 aliphatic heterocycles. The van der Waals surface area contributed by atoms with Crippen molar-refractivity contribution in [3.63, 3.8) is 0 Å². The van der Waals surface area contributed by atoms with Gasteiger partial charge in [0, 0.05) is 31.6 Å². The van der Waals surface area contributed by atoms with Gasteiger partial charge in [-0.2, -0.15) is 9.78 Å². The average molecular weight is 619 g/mol. The molecule has 0 bridgehead atoms. The van der Waals surface area contributed by atoms with Crippen molar-refractivity contribution >= 4 is 56.2 Å².